The molecule has 0 aromatic carbocycles. The highest BCUT2D eigenvalue weighted by molar-refractivity contribution is 5.25. The van der Waals surface area contributed by atoms with Gasteiger partial charge in [-0.3, -0.25) is 4.68 Å². The number of aliphatic hydroxyl groups is 1. The summed E-state index contributed by atoms with van der Waals surface area (Å²) in [4.78, 5) is 0. The summed E-state index contributed by atoms with van der Waals surface area (Å²) in [7, 11) is 0. The molecule has 0 fully saturated rings. The van der Waals surface area contributed by atoms with Crippen LogP contribution in [0, 0.1) is 6.92 Å². The first-order chi connectivity index (χ1) is 10.4. The Morgan fingerprint density at radius 2 is 2.09 bits per heavy atom. The number of aromatic nitrogens is 3. The van der Waals surface area contributed by atoms with E-state index in [-0.39, 0.29) is 31.6 Å². The quantitative estimate of drug-likeness (QED) is 0.890. The Labute approximate surface area is 125 Å². The van der Waals surface area contributed by atoms with Crippen LogP contribution in [0.15, 0.2) is 10.7 Å². The summed E-state index contributed by atoms with van der Waals surface area (Å²) in [6.07, 6.45) is -2.09. The van der Waals surface area contributed by atoms with Crippen LogP contribution in [0.2, 0.25) is 0 Å². The molecule has 0 bridgehead atoms. The van der Waals surface area contributed by atoms with Gasteiger partial charge in [0.25, 0.3) is 0 Å². The van der Waals surface area contributed by atoms with Gasteiger partial charge in [0.05, 0.1) is 12.2 Å². The fraction of sp³-hybridized carbons (Fsp3) is 0.571. The van der Waals surface area contributed by atoms with Crippen molar-refractivity contribution in [2.45, 2.75) is 45.8 Å². The molecule has 0 amide bonds. The van der Waals surface area contributed by atoms with E-state index in [2.05, 4.69) is 10.3 Å². The Morgan fingerprint density at radius 1 is 1.36 bits per heavy atom. The van der Waals surface area contributed by atoms with Crippen LogP contribution in [0.1, 0.15) is 41.6 Å². The van der Waals surface area contributed by atoms with E-state index in [1.54, 1.807) is 6.92 Å². The number of hydrogen-bond acceptors (Lipinski definition) is 4. The number of rotatable bonds is 6. The van der Waals surface area contributed by atoms with Crippen LogP contribution in [0.25, 0.3) is 0 Å². The van der Waals surface area contributed by atoms with Crippen LogP contribution in [-0.4, -0.2) is 26.7 Å². The standard InChI is InChI=1S/C14H18F3N3O2/c1-3-12-11(9(2)22-19-12)8-20-7-10(5-4-6-21)13(18-20)14(15,16)17/h7,21H,3-6,8H2,1-2H3. The second kappa shape index (κ2) is 6.51. The molecule has 2 heterocycles. The summed E-state index contributed by atoms with van der Waals surface area (Å²) >= 11 is 0. The molecule has 0 aliphatic carbocycles. The lowest BCUT2D eigenvalue weighted by molar-refractivity contribution is -0.142. The van der Waals surface area contributed by atoms with E-state index in [4.69, 9.17) is 9.63 Å². The van der Waals surface area contributed by atoms with Gasteiger partial charge in [0.1, 0.15) is 5.76 Å². The highest BCUT2D eigenvalue weighted by atomic mass is 19.4. The number of alkyl halides is 3. The van der Waals surface area contributed by atoms with Crippen molar-refractivity contribution in [2.75, 3.05) is 6.61 Å². The van der Waals surface area contributed by atoms with Crippen LogP contribution in [0.5, 0.6) is 0 Å². The van der Waals surface area contributed by atoms with Crippen molar-refractivity contribution in [3.05, 3.63) is 34.5 Å². The van der Waals surface area contributed by atoms with Crippen molar-refractivity contribution in [2.24, 2.45) is 0 Å². The van der Waals surface area contributed by atoms with Gasteiger partial charge in [-0.15, -0.1) is 0 Å². The van der Waals surface area contributed by atoms with Crippen molar-refractivity contribution >= 4 is 0 Å². The number of nitrogens with zero attached hydrogens (tertiary/aromatic N) is 3. The largest absolute Gasteiger partial charge is 0.435 e. The summed E-state index contributed by atoms with van der Waals surface area (Å²) in [6.45, 7) is 3.65. The number of halogens is 3. The summed E-state index contributed by atoms with van der Waals surface area (Å²) in [5, 5.41) is 16.4. The molecule has 0 spiro atoms. The van der Waals surface area contributed by atoms with Crippen molar-refractivity contribution in [1.82, 2.24) is 14.9 Å². The third-order valence-corrected chi connectivity index (χ3v) is 3.43. The minimum atomic E-state index is -4.51. The van der Waals surface area contributed by atoms with Gasteiger partial charge in [-0.05, 0) is 26.2 Å². The fourth-order valence-electron chi connectivity index (χ4n) is 2.31. The van der Waals surface area contributed by atoms with Crippen molar-refractivity contribution < 1.29 is 22.8 Å². The summed E-state index contributed by atoms with van der Waals surface area (Å²) < 4.78 is 45.4. The molecule has 0 saturated carbocycles. The lowest BCUT2D eigenvalue weighted by atomic mass is 10.1. The number of aliphatic hydroxyl groups excluding tert-OH is 1. The zero-order valence-electron chi connectivity index (χ0n) is 12.4. The van der Waals surface area contributed by atoms with Crippen LogP contribution >= 0.6 is 0 Å². The molecule has 0 atom stereocenters. The van der Waals surface area contributed by atoms with Gasteiger partial charge in [-0.1, -0.05) is 12.1 Å². The van der Waals surface area contributed by atoms with Gasteiger partial charge >= 0.3 is 6.18 Å². The van der Waals surface area contributed by atoms with E-state index in [0.717, 1.165) is 11.3 Å². The molecule has 122 valence electrons. The van der Waals surface area contributed by atoms with Gasteiger partial charge in [0, 0.05) is 23.9 Å². The first kappa shape index (κ1) is 16.5. The van der Waals surface area contributed by atoms with E-state index in [9.17, 15) is 13.2 Å². The van der Waals surface area contributed by atoms with Crippen LogP contribution in [0.4, 0.5) is 13.2 Å². The Balaban J connectivity index is 2.32. The summed E-state index contributed by atoms with van der Waals surface area (Å²) in [6, 6.07) is 0. The molecule has 8 heteroatoms. The van der Waals surface area contributed by atoms with Gasteiger partial charge < -0.3 is 9.63 Å². The van der Waals surface area contributed by atoms with Crippen LogP contribution < -0.4 is 0 Å². The lowest BCUT2D eigenvalue weighted by Gasteiger charge is -2.05. The predicted molar refractivity (Wildman–Crippen MR) is 72.4 cm³/mol. The first-order valence-electron chi connectivity index (χ1n) is 7.05. The third-order valence-electron chi connectivity index (χ3n) is 3.43. The molecule has 0 radical (unpaired) electrons. The van der Waals surface area contributed by atoms with Gasteiger partial charge in [0.2, 0.25) is 0 Å². The molecule has 1 N–H and O–H groups in total. The summed E-state index contributed by atoms with van der Waals surface area (Å²) in [5.74, 6) is 0.581. The van der Waals surface area contributed by atoms with E-state index in [1.807, 2.05) is 6.92 Å². The van der Waals surface area contributed by atoms with E-state index >= 15 is 0 Å². The molecule has 5 nitrogen and oxygen atoms in total. The molecule has 2 aromatic heterocycles. The maximum atomic E-state index is 13.0. The maximum absolute atomic E-state index is 13.0. The normalized spacial score (nSPS) is 12.1. The molecular formula is C14H18F3N3O2. The number of hydrogen-bond donors (Lipinski definition) is 1. The van der Waals surface area contributed by atoms with Gasteiger partial charge in [-0.25, -0.2) is 0 Å². The minimum absolute atomic E-state index is 0.0914. The SMILES string of the molecule is CCc1noc(C)c1Cn1cc(CCCO)c(C(F)(F)F)n1. The predicted octanol–water partition coefficient (Wildman–Crippen LogP) is 2.73. The zero-order valence-corrected chi connectivity index (χ0v) is 12.4. The highest BCUT2D eigenvalue weighted by Crippen LogP contribution is 2.31. The second-order valence-corrected chi connectivity index (χ2v) is 5.04. The average Bonchev–Trinajstić information content (AvgIpc) is 3.01. The van der Waals surface area contributed by atoms with Crippen LogP contribution in [0.3, 0.4) is 0 Å². The molecule has 0 unspecified atom stereocenters. The van der Waals surface area contributed by atoms with Crippen LogP contribution in [-0.2, 0) is 25.6 Å². The van der Waals surface area contributed by atoms with Crippen molar-refractivity contribution in [1.29, 1.82) is 0 Å². The van der Waals surface area contributed by atoms with Gasteiger partial charge in [-0.2, -0.15) is 18.3 Å². The monoisotopic (exact) mass is 317 g/mol. The molecular weight excluding hydrogens is 299 g/mol. The Bertz CT molecular complexity index is 632. The third kappa shape index (κ3) is 3.49. The van der Waals surface area contributed by atoms with Crippen molar-refractivity contribution in [3.8, 4) is 0 Å². The maximum Gasteiger partial charge on any atom is 0.435 e. The molecule has 2 aromatic rings. The highest BCUT2D eigenvalue weighted by Gasteiger charge is 2.37. The van der Waals surface area contributed by atoms with Crippen molar-refractivity contribution in [3.63, 3.8) is 0 Å². The lowest BCUT2D eigenvalue weighted by Crippen LogP contribution is -2.11. The smallest absolute Gasteiger partial charge is 0.396 e. The molecule has 2 rings (SSSR count). The molecule has 0 aliphatic heterocycles. The second-order valence-electron chi connectivity index (χ2n) is 5.04. The average molecular weight is 317 g/mol. The summed E-state index contributed by atoms with van der Waals surface area (Å²) in [5.41, 5.74) is 0.674. The Kier molecular flexibility index (Phi) is 4.90. The number of aryl methyl sites for hydroxylation is 3. The van der Waals surface area contributed by atoms with Gasteiger partial charge in [0.15, 0.2) is 5.69 Å². The topological polar surface area (TPSA) is 64.1 Å². The Hall–Kier alpha value is -1.83. The zero-order chi connectivity index (χ0) is 16.3. The molecule has 22 heavy (non-hydrogen) atoms. The molecule has 0 saturated heterocycles. The molecule has 0 aliphatic rings. The van der Waals surface area contributed by atoms with E-state index in [0.29, 0.717) is 12.2 Å². The first-order valence-corrected chi connectivity index (χ1v) is 7.05. The van der Waals surface area contributed by atoms with E-state index in [1.165, 1.54) is 10.9 Å². The Morgan fingerprint density at radius 3 is 2.68 bits per heavy atom. The fourth-order valence-corrected chi connectivity index (χ4v) is 2.31. The minimum Gasteiger partial charge on any atom is -0.396 e. The van der Waals surface area contributed by atoms with E-state index < -0.39 is 11.9 Å².